The number of amides is 1. The fraction of sp³-hybridized carbons (Fsp3) is 0.278. The average molecular weight is 369 g/mol. The maximum Gasteiger partial charge on any atom is 0.387 e. The maximum atomic E-state index is 12.8. The van der Waals surface area contributed by atoms with Gasteiger partial charge in [0.05, 0.1) is 13.7 Å². The van der Waals surface area contributed by atoms with Crippen LogP contribution in [-0.2, 0) is 0 Å². The Kier molecular flexibility index (Phi) is 7.13. The van der Waals surface area contributed by atoms with Crippen molar-refractivity contribution in [1.82, 2.24) is 5.32 Å². The minimum Gasteiger partial charge on any atom is -0.494 e. The molecule has 2 rings (SSSR count). The van der Waals surface area contributed by atoms with Crippen LogP contribution < -0.4 is 19.5 Å². The quantitative estimate of drug-likeness (QED) is 0.686. The third kappa shape index (κ3) is 5.87. The fourth-order valence-corrected chi connectivity index (χ4v) is 2.10. The van der Waals surface area contributed by atoms with E-state index in [1.165, 1.54) is 49.6 Å². The number of rotatable bonds is 9. The predicted octanol–water partition coefficient (Wildman–Crippen LogP) is 3.63. The zero-order valence-electron chi connectivity index (χ0n) is 14.0. The molecule has 0 saturated carbocycles. The molecule has 0 fully saturated rings. The highest BCUT2D eigenvalue weighted by Crippen LogP contribution is 2.29. The molecule has 0 aliphatic heterocycles. The van der Waals surface area contributed by atoms with Gasteiger partial charge in [-0.25, -0.2) is 4.39 Å². The van der Waals surface area contributed by atoms with Gasteiger partial charge in [-0.3, -0.25) is 4.79 Å². The summed E-state index contributed by atoms with van der Waals surface area (Å²) in [6.45, 7) is -2.29. The minimum atomic E-state index is -2.98. The number of methoxy groups -OCH3 is 1. The molecule has 1 amide bonds. The van der Waals surface area contributed by atoms with Gasteiger partial charge >= 0.3 is 6.61 Å². The zero-order valence-corrected chi connectivity index (χ0v) is 14.0. The summed E-state index contributed by atoms with van der Waals surface area (Å²) in [4.78, 5) is 12.1. The van der Waals surface area contributed by atoms with Crippen molar-refractivity contribution in [3.63, 3.8) is 0 Å². The molecule has 0 spiro atoms. The summed E-state index contributed by atoms with van der Waals surface area (Å²) in [5, 5.41) is 2.68. The zero-order chi connectivity index (χ0) is 18.9. The molecular formula is C18H18F3NO4. The summed E-state index contributed by atoms with van der Waals surface area (Å²) in [6.07, 6.45) is 0.535. The number of alkyl halides is 2. The van der Waals surface area contributed by atoms with Gasteiger partial charge in [0, 0.05) is 12.1 Å². The number of carbonyl (C=O) groups is 1. The van der Waals surface area contributed by atoms with Crippen molar-refractivity contribution in [1.29, 1.82) is 0 Å². The van der Waals surface area contributed by atoms with Gasteiger partial charge in [-0.15, -0.1) is 0 Å². The van der Waals surface area contributed by atoms with Crippen molar-refractivity contribution in [3.05, 3.63) is 53.8 Å². The number of benzene rings is 2. The van der Waals surface area contributed by atoms with Gasteiger partial charge in [-0.2, -0.15) is 8.78 Å². The second-order valence-corrected chi connectivity index (χ2v) is 5.16. The molecular weight excluding hydrogens is 351 g/mol. The Hall–Kier alpha value is -2.90. The first kappa shape index (κ1) is 19.4. The Balaban J connectivity index is 1.79. The number of nitrogens with one attached hydrogen (secondary N) is 1. The fourth-order valence-electron chi connectivity index (χ4n) is 2.10. The molecule has 1 N–H and O–H groups in total. The lowest BCUT2D eigenvalue weighted by Gasteiger charge is -2.11. The third-order valence-electron chi connectivity index (χ3n) is 3.33. The van der Waals surface area contributed by atoms with E-state index in [9.17, 15) is 18.0 Å². The first-order valence-corrected chi connectivity index (χ1v) is 7.79. The van der Waals surface area contributed by atoms with Crippen molar-refractivity contribution in [3.8, 4) is 17.2 Å². The van der Waals surface area contributed by atoms with Crippen molar-refractivity contribution in [2.75, 3.05) is 20.3 Å². The van der Waals surface area contributed by atoms with Gasteiger partial charge in [0.15, 0.2) is 11.5 Å². The van der Waals surface area contributed by atoms with E-state index < -0.39 is 6.61 Å². The second-order valence-electron chi connectivity index (χ2n) is 5.16. The standard InChI is InChI=1S/C18H18F3NO4/c1-24-16-11-12(3-8-15(16)26-18(20)21)17(23)22-9-2-10-25-14-6-4-13(19)5-7-14/h3-8,11,18H,2,9-10H2,1H3,(H,22,23). The summed E-state index contributed by atoms with van der Waals surface area (Å²) in [5.41, 5.74) is 0.253. The highest BCUT2D eigenvalue weighted by atomic mass is 19.3. The molecule has 0 heterocycles. The van der Waals surface area contributed by atoms with Crippen LogP contribution in [0.5, 0.6) is 17.2 Å². The van der Waals surface area contributed by atoms with Crippen molar-refractivity contribution < 1.29 is 32.2 Å². The minimum absolute atomic E-state index is 0.0394. The highest BCUT2D eigenvalue weighted by Gasteiger charge is 2.14. The Morgan fingerprint density at radius 3 is 2.50 bits per heavy atom. The van der Waals surface area contributed by atoms with Crippen LogP contribution in [0.2, 0.25) is 0 Å². The largest absolute Gasteiger partial charge is 0.494 e. The lowest BCUT2D eigenvalue weighted by atomic mass is 10.2. The smallest absolute Gasteiger partial charge is 0.387 e. The Bertz CT molecular complexity index is 723. The van der Waals surface area contributed by atoms with E-state index >= 15 is 0 Å². The van der Waals surface area contributed by atoms with Gasteiger partial charge in [0.25, 0.3) is 5.91 Å². The molecule has 5 nitrogen and oxygen atoms in total. The normalized spacial score (nSPS) is 10.5. The molecule has 2 aromatic rings. The van der Waals surface area contributed by atoms with Crippen LogP contribution >= 0.6 is 0 Å². The first-order valence-electron chi connectivity index (χ1n) is 7.79. The number of halogens is 3. The molecule has 0 saturated heterocycles. The number of ether oxygens (including phenoxy) is 3. The summed E-state index contributed by atoms with van der Waals surface area (Å²) >= 11 is 0. The summed E-state index contributed by atoms with van der Waals surface area (Å²) in [5.74, 6) is -0.292. The predicted molar refractivity (Wildman–Crippen MR) is 88.5 cm³/mol. The van der Waals surface area contributed by atoms with Crippen LogP contribution in [0.25, 0.3) is 0 Å². The van der Waals surface area contributed by atoms with Gasteiger partial charge in [0.1, 0.15) is 11.6 Å². The topological polar surface area (TPSA) is 56.8 Å². The molecule has 8 heteroatoms. The lowest BCUT2D eigenvalue weighted by Crippen LogP contribution is -2.25. The van der Waals surface area contributed by atoms with E-state index in [4.69, 9.17) is 9.47 Å². The third-order valence-corrected chi connectivity index (χ3v) is 3.33. The number of carbonyl (C=O) groups excluding carboxylic acids is 1. The molecule has 0 atom stereocenters. The van der Waals surface area contributed by atoms with Crippen LogP contribution in [0.4, 0.5) is 13.2 Å². The second kappa shape index (κ2) is 9.55. The van der Waals surface area contributed by atoms with E-state index in [0.29, 0.717) is 25.3 Å². The number of hydrogen-bond acceptors (Lipinski definition) is 4. The van der Waals surface area contributed by atoms with Gasteiger partial charge in [-0.05, 0) is 48.9 Å². The molecule has 26 heavy (non-hydrogen) atoms. The van der Waals surface area contributed by atoms with Crippen LogP contribution in [0.1, 0.15) is 16.8 Å². The molecule has 0 aromatic heterocycles. The molecule has 0 radical (unpaired) electrons. The van der Waals surface area contributed by atoms with E-state index in [2.05, 4.69) is 10.1 Å². The first-order chi connectivity index (χ1) is 12.5. The van der Waals surface area contributed by atoms with Crippen molar-refractivity contribution in [2.45, 2.75) is 13.0 Å². The van der Waals surface area contributed by atoms with Crippen LogP contribution in [-0.4, -0.2) is 32.8 Å². The van der Waals surface area contributed by atoms with E-state index in [0.717, 1.165) is 0 Å². The Morgan fingerprint density at radius 1 is 1.12 bits per heavy atom. The highest BCUT2D eigenvalue weighted by molar-refractivity contribution is 5.94. The van der Waals surface area contributed by atoms with Crippen molar-refractivity contribution in [2.24, 2.45) is 0 Å². The Labute approximate surface area is 148 Å². The van der Waals surface area contributed by atoms with Gasteiger partial charge in [0.2, 0.25) is 0 Å². The summed E-state index contributed by atoms with van der Waals surface area (Å²) in [7, 11) is 1.29. The molecule has 140 valence electrons. The van der Waals surface area contributed by atoms with Gasteiger partial charge < -0.3 is 19.5 Å². The number of hydrogen-bond donors (Lipinski definition) is 1. The molecule has 0 bridgehead atoms. The summed E-state index contributed by atoms with van der Waals surface area (Å²) in [6, 6.07) is 9.56. The van der Waals surface area contributed by atoms with Crippen LogP contribution in [0.3, 0.4) is 0 Å². The van der Waals surface area contributed by atoms with Crippen LogP contribution in [0.15, 0.2) is 42.5 Å². The average Bonchev–Trinajstić information content (AvgIpc) is 2.62. The SMILES string of the molecule is COc1cc(C(=O)NCCCOc2ccc(F)cc2)ccc1OC(F)F. The van der Waals surface area contributed by atoms with Crippen molar-refractivity contribution >= 4 is 5.91 Å². The van der Waals surface area contributed by atoms with Crippen LogP contribution in [0, 0.1) is 5.82 Å². The van der Waals surface area contributed by atoms with E-state index in [1.807, 2.05) is 0 Å². The summed E-state index contributed by atoms with van der Waals surface area (Å²) < 4.78 is 52.0. The molecule has 0 unspecified atom stereocenters. The molecule has 0 aliphatic carbocycles. The van der Waals surface area contributed by atoms with E-state index in [-0.39, 0.29) is 28.8 Å². The monoisotopic (exact) mass is 369 g/mol. The van der Waals surface area contributed by atoms with Gasteiger partial charge in [-0.1, -0.05) is 0 Å². The lowest BCUT2D eigenvalue weighted by molar-refractivity contribution is -0.0512. The maximum absolute atomic E-state index is 12.8. The molecule has 2 aromatic carbocycles. The van der Waals surface area contributed by atoms with E-state index in [1.54, 1.807) is 0 Å². The Morgan fingerprint density at radius 2 is 1.85 bits per heavy atom. The molecule has 0 aliphatic rings.